The molecule has 0 bridgehead atoms. The van der Waals surface area contributed by atoms with E-state index < -0.39 is 11.7 Å². The van der Waals surface area contributed by atoms with Crippen LogP contribution in [0, 0.1) is 0 Å². The van der Waals surface area contributed by atoms with Crippen LogP contribution in [0.25, 0.3) is 0 Å². The van der Waals surface area contributed by atoms with Crippen LogP contribution < -0.4 is 15.5 Å². The summed E-state index contributed by atoms with van der Waals surface area (Å²) in [5, 5.41) is 6.06. The lowest BCUT2D eigenvalue weighted by atomic mass is 10.0. The number of halogens is 4. The molecule has 0 amide bonds. The second-order valence-electron chi connectivity index (χ2n) is 6.14. The minimum Gasteiger partial charge on any atom is -0.378 e. The quantitative estimate of drug-likeness (QED) is 0.271. The lowest BCUT2D eigenvalue weighted by Gasteiger charge is -2.29. The molecule has 0 radical (unpaired) electrons. The maximum Gasteiger partial charge on any atom is 0.416 e. The summed E-state index contributed by atoms with van der Waals surface area (Å²) >= 11 is 0. The van der Waals surface area contributed by atoms with Gasteiger partial charge in [-0.05, 0) is 24.1 Å². The summed E-state index contributed by atoms with van der Waals surface area (Å²) in [5.41, 5.74) is 0.167. The van der Waals surface area contributed by atoms with Crippen LogP contribution in [0.5, 0.6) is 0 Å². The number of hydrogen-bond acceptors (Lipinski definition) is 3. The maximum atomic E-state index is 13.5. The van der Waals surface area contributed by atoms with E-state index in [1.807, 2.05) is 4.90 Å². The summed E-state index contributed by atoms with van der Waals surface area (Å²) in [6.45, 7) is 5.13. The van der Waals surface area contributed by atoms with Gasteiger partial charge in [0.2, 0.25) is 0 Å². The highest BCUT2D eigenvalue weighted by atomic mass is 127. The van der Waals surface area contributed by atoms with Gasteiger partial charge in [0.25, 0.3) is 0 Å². The first-order valence-electron chi connectivity index (χ1n) is 8.93. The molecular formula is C18H28F3IN4O. The molecule has 1 aliphatic rings. The van der Waals surface area contributed by atoms with E-state index in [1.54, 1.807) is 19.2 Å². The van der Waals surface area contributed by atoms with Crippen LogP contribution in [-0.2, 0) is 17.5 Å². The first-order valence-corrected chi connectivity index (χ1v) is 8.93. The van der Waals surface area contributed by atoms with Crippen LogP contribution in [0.15, 0.2) is 23.2 Å². The van der Waals surface area contributed by atoms with E-state index in [4.69, 9.17) is 4.74 Å². The van der Waals surface area contributed by atoms with Crippen molar-refractivity contribution in [2.24, 2.45) is 4.99 Å². The zero-order valence-electron chi connectivity index (χ0n) is 15.7. The van der Waals surface area contributed by atoms with Crippen molar-refractivity contribution in [3.8, 4) is 0 Å². The molecule has 0 aromatic heterocycles. The van der Waals surface area contributed by atoms with E-state index in [2.05, 4.69) is 22.5 Å². The van der Waals surface area contributed by atoms with Gasteiger partial charge in [0.05, 0.1) is 18.8 Å². The number of unbranched alkanes of at least 4 members (excludes halogenated alkanes) is 1. The molecule has 2 N–H and O–H groups in total. The number of alkyl halides is 3. The van der Waals surface area contributed by atoms with E-state index in [0.717, 1.165) is 19.4 Å². The van der Waals surface area contributed by atoms with E-state index in [0.29, 0.717) is 38.0 Å². The molecule has 0 atom stereocenters. The number of nitrogens with one attached hydrogen (secondary N) is 2. The molecule has 1 fully saturated rings. The minimum atomic E-state index is -4.40. The van der Waals surface area contributed by atoms with Gasteiger partial charge in [-0.15, -0.1) is 24.0 Å². The van der Waals surface area contributed by atoms with Gasteiger partial charge in [-0.2, -0.15) is 13.2 Å². The SMILES string of the molecule is CCCCNC(=NC)NCc1ccc(N2CCOCC2)cc1C(F)(F)F.I. The normalized spacial score (nSPS) is 15.3. The Bertz CT molecular complexity index is 605. The molecule has 1 saturated heterocycles. The average molecular weight is 500 g/mol. The van der Waals surface area contributed by atoms with Gasteiger partial charge in [-0.1, -0.05) is 19.4 Å². The van der Waals surface area contributed by atoms with Crippen molar-refractivity contribution in [3.63, 3.8) is 0 Å². The number of benzene rings is 1. The second kappa shape index (κ2) is 11.6. The molecule has 9 heteroatoms. The van der Waals surface area contributed by atoms with Gasteiger partial charge in [0.15, 0.2) is 5.96 Å². The number of ether oxygens (including phenoxy) is 1. The maximum absolute atomic E-state index is 13.5. The molecule has 27 heavy (non-hydrogen) atoms. The molecular weight excluding hydrogens is 472 g/mol. The van der Waals surface area contributed by atoms with Crippen molar-refractivity contribution < 1.29 is 17.9 Å². The Balaban J connectivity index is 0.00000364. The highest BCUT2D eigenvalue weighted by Gasteiger charge is 2.34. The molecule has 5 nitrogen and oxygen atoms in total. The predicted molar refractivity (Wildman–Crippen MR) is 113 cm³/mol. The summed E-state index contributed by atoms with van der Waals surface area (Å²) in [6.07, 6.45) is -2.40. The highest BCUT2D eigenvalue weighted by Crippen LogP contribution is 2.34. The number of guanidine groups is 1. The Labute approximate surface area is 175 Å². The third kappa shape index (κ3) is 7.36. The monoisotopic (exact) mass is 500 g/mol. The first-order chi connectivity index (χ1) is 12.5. The molecule has 0 spiro atoms. The van der Waals surface area contributed by atoms with Gasteiger partial charge in [-0.3, -0.25) is 4.99 Å². The Kier molecular flexibility index (Phi) is 10.2. The smallest absolute Gasteiger partial charge is 0.378 e. The Morgan fingerprint density at radius 2 is 1.93 bits per heavy atom. The standard InChI is InChI=1S/C18H27F3N4O.HI/c1-3-4-7-23-17(22-2)24-13-14-5-6-15(12-16(14)18(19,20)21)25-8-10-26-11-9-25;/h5-6,12H,3-4,7-11,13H2,1-2H3,(H2,22,23,24);1H. The second-order valence-corrected chi connectivity index (χ2v) is 6.14. The van der Waals surface area contributed by atoms with Gasteiger partial charge < -0.3 is 20.3 Å². The number of aliphatic imine (C=N–C) groups is 1. The van der Waals surface area contributed by atoms with Crippen molar-refractivity contribution in [1.29, 1.82) is 0 Å². The molecule has 0 aliphatic carbocycles. The zero-order chi connectivity index (χ0) is 19.0. The molecule has 1 aromatic carbocycles. The minimum absolute atomic E-state index is 0. The van der Waals surface area contributed by atoms with Crippen LogP contribution in [0.2, 0.25) is 0 Å². The third-order valence-corrected chi connectivity index (χ3v) is 4.27. The fourth-order valence-electron chi connectivity index (χ4n) is 2.78. The largest absolute Gasteiger partial charge is 0.416 e. The van der Waals surface area contributed by atoms with Gasteiger partial charge in [0, 0.05) is 38.9 Å². The van der Waals surface area contributed by atoms with Crippen LogP contribution in [0.1, 0.15) is 30.9 Å². The van der Waals surface area contributed by atoms with Crippen molar-refractivity contribution in [2.45, 2.75) is 32.5 Å². The molecule has 2 rings (SSSR count). The number of anilines is 1. The zero-order valence-corrected chi connectivity index (χ0v) is 18.1. The van der Waals surface area contributed by atoms with Crippen LogP contribution in [0.4, 0.5) is 18.9 Å². The Morgan fingerprint density at radius 1 is 1.22 bits per heavy atom. The molecule has 1 aliphatic heterocycles. The van der Waals surface area contributed by atoms with Crippen molar-refractivity contribution in [1.82, 2.24) is 10.6 Å². The topological polar surface area (TPSA) is 48.9 Å². The third-order valence-electron chi connectivity index (χ3n) is 4.27. The molecule has 1 heterocycles. The van der Waals surface area contributed by atoms with Gasteiger partial charge in [0.1, 0.15) is 0 Å². The number of rotatable bonds is 6. The van der Waals surface area contributed by atoms with Crippen LogP contribution >= 0.6 is 24.0 Å². The average Bonchev–Trinajstić information content (AvgIpc) is 2.64. The van der Waals surface area contributed by atoms with E-state index >= 15 is 0 Å². The van der Waals surface area contributed by atoms with E-state index in [1.165, 1.54) is 6.07 Å². The summed E-state index contributed by atoms with van der Waals surface area (Å²) in [4.78, 5) is 5.97. The predicted octanol–water partition coefficient (Wildman–Crippen LogP) is 3.63. The lowest BCUT2D eigenvalue weighted by molar-refractivity contribution is -0.138. The number of nitrogens with zero attached hydrogens (tertiary/aromatic N) is 2. The lowest BCUT2D eigenvalue weighted by Crippen LogP contribution is -2.38. The molecule has 1 aromatic rings. The van der Waals surface area contributed by atoms with Crippen LogP contribution in [0.3, 0.4) is 0 Å². The summed E-state index contributed by atoms with van der Waals surface area (Å²) in [5.74, 6) is 0.504. The summed E-state index contributed by atoms with van der Waals surface area (Å²) < 4.78 is 45.9. The first kappa shape index (κ1) is 23.8. The fraction of sp³-hybridized carbons (Fsp3) is 0.611. The van der Waals surface area contributed by atoms with E-state index in [-0.39, 0.29) is 36.1 Å². The Hall–Kier alpha value is -1.23. The highest BCUT2D eigenvalue weighted by molar-refractivity contribution is 14.0. The van der Waals surface area contributed by atoms with Gasteiger partial charge in [-0.25, -0.2) is 0 Å². The number of hydrogen-bond donors (Lipinski definition) is 2. The molecule has 154 valence electrons. The van der Waals surface area contributed by atoms with Crippen molar-refractivity contribution in [3.05, 3.63) is 29.3 Å². The fourth-order valence-corrected chi connectivity index (χ4v) is 2.78. The molecule has 0 saturated carbocycles. The molecule has 0 unspecified atom stereocenters. The number of morpholine rings is 1. The summed E-state index contributed by atoms with van der Waals surface area (Å²) in [7, 11) is 1.60. The van der Waals surface area contributed by atoms with Crippen molar-refractivity contribution >= 4 is 35.6 Å². The van der Waals surface area contributed by atoms with Gasteiger partial charge >= 0.3 is 6.18 Å². The Morgan fingerprint density at radius 3 is 2.52 bits per heavy atom. The van der Waals surface area contributed by atoms with E-state index in [9.17, 15) is 13.2 Å². The van der Waals surface area contributed by atoms with Crippen LogP contribution in [-0.4, -0.2) is 45.9 Å². The summed E-state index contributed by atoms with van der Waals surface area (Å²) in [6, 6.07) is 4.51. The van der Waals surface area contributed by atoms with Crippen molar-refractivity contribution in [2.75, 3.05) is 44.8 Å².